The van der Waals surface area contributed by atoms with Crippen molar-refractivity contribution in [3.05, 3.63) is 23.7 Å². The lowest BCUT2D eigenvalue weighted by atomic mass is 9.86. The number of aromatic carboxylic acids is 1. The third-order valence-electron chi connectivity index (χ3n) is 3.95. The van der Waals surface area contributed by atoms with Crippen LogP contribution in [0.5, 0.6) is 0 Å². The van der Waals surface area contributed by atoms with E-state index in [-0.39, 0.29) is 5.76 Å². The van der Waals surface area contributed by atoms with E-state index >= 15 is 0 Å². The number of carboxylic acids is 1. The number of carbonyl (C=O) groups is 1. The fourth-order valence-corrected chi connectivity index (χ4v) is 2.82. The van der Waals surface area contributed by atoms with Gasteiger partial charge in [-0.15, -0.1) is 0 Å². The summed E-state index contributed by atoms with van der Waals surface area (Å²) in [6, 6.07) is 3.80. The number of carboxylic acid groups (broad SMARTS) is 1. The first-order valence-electron chi connectivity index (χ1n) is 6.53. The molecule has 3 unspecified atom stereocenters. The summed E-state index contributed by atoms with van der Waals surface area (Å²) in [6.45, 7) is 8.52. The molecule has 1 fully saturated rings. The first-order chi connectivity index (χ1) is 8.47. The molecule has 0 aromatic carbocycles. The van der Waals surface area contributed by atoms with Crippen LogP contribution in [0.15, 0.2) is 16.5 Å². The SMILES string of the molecule is CC1CC(C)C(C)N(Cc2ccc(C(=O)O)o2)C1. The lowest BCUT2D eigenvalue weighted by Crippen LogP contribution is -2.45. The van der Waals surface area contributed by atoms with Crippen LogP contribution < -0.4 is 0 Å². The van der Waals surface area contributed by atoms with Gasteiger partial charge >= 0.3 is 5.97 Å². The average molecular weight is 251 g/mol. The molecule has 1 aromatic rings. The van der Waals surface area contributed by atoms with Crippen molar-refractivity contribution in [1.82, 2.24) is 4.90 Å². The van der Waals surface area contributed by atoms with Crippen molar-refractivity contribution >= 4 is 5.97 Å². The van der Waals surface area contributed by atoms with Crippen LogP contribution >= 0.6 is 0 Å². The average Bonchev–Trinajstić information content (AvgIpc) is 2.74. The smallest absolute Gasteiger partial charge is 0.371 e. The number of rotatable bonds is 3. The number of piperidine rings is 1. The zero-order valence-corrected chi connectivity index (χ0v) is 11.2. The Labute approximate surface area is 108 Å². The Hall–Kier alpha value is -1.29. The Morgan fingerprint density at radius 2 is 2.17 bits per heavy atom. The molecule has 1 aliphatic rings. The van der Waals surface area contributed by atoms with Crippen LogP contribution in [0.3, 0.4) is 0 Å². The van der Waals surface area contributed by atoms with Crippen LogP contribution in [0.4, 0.5) is 0 Å². The second-order valence-electron chi connectivity index (χ2n) is 5.56. The van der Waals surface area contributed by atoms with Gasteiger partial charge in [0.25, 0.3) is 0 Å². The number of hydrogen-bond donors (Lipinski definition) is 1. The van der Waals surface area contributed by atoms with E-state index in [9.17, 15) is 4.79 Å². The second kappa shape index (κ2) is 5.14. The molecule has 0 saturated carbocycles. The molecule has 1 N–H and O–H groups in total. The highest BCUT2D eigenvalue weighted by Crippen LogP contribution is 2.28. The van der Waals surface area contributed by atoms with Crippen LogP contribution in [-0.4, -0.2) is 28.6 Å². The molecule has 1 saturated heterocycles. The third-order valence-corrected chi connectivity index (χ3v) is 3.95. The molecule has 4 heteroatoms. The van der Waals surface area contributed by atoms with E-state index in [2.05, 4.69) is 25.7 Å². The Morgan fingerprint density at radius 1 is 1.44 bits per heavy atom. The molecule has 0 spiro atoms. The predicted molar refractivity (Wildman–Crippen MR) is 68.5 cm³/mol. The van der Waals surface area contributed by atoms with E-state index in [4.69, 9.17) is 9.52 Å². The minimum Gasteiger partial charge on any atom is -0.475 e. The number of nitrogens with zero attached hydrogens (tertiary/aromatic N) is 1. The molecule has 18 heavy (non-hydrogen) atoms. The zero-order valence-electron chi connectivity index (χ0n) is 11.2. The van der Waals surface area contributed by atoms with E-state index < -0.39 is 5.97 Å². The summed E-state index contributed by atoms with van der Waals surface area (Å²) in [5, 5.41) is 8.83. The van der Waals surface area contributed by atoms with Gasteiger partial charge in [-0.1, -0.05) is 13.8 Å². The first kappa shape index (κ1) is 13.1. The summed E-state index contributed by atoms with van der Waals surface area (Å²) in [4.78, 5) is 13.1. The van der Waals surface area contributed by atoms with E-state index in [0.717, 1.165) is 12.3 Å². The molecule has 2 heterocycles. The monoisotopic (exact) mass is 251 g/mol. The summed E-state index contributed by atoms with van der Waals surface area (Å²) < 4.78 is 5.33. The lowest BCUT2D eigenvalue weighted by molar-refractivity contribution is 0.0608. The maximum atomic E-state index is 10.8. The van der Waals surface area contributed by atoms with Crippen LogP contribution in [0.25, 0.3) is 0 Å². The van der Waals surface area contributed by atoms with Gasteiger partial charge in [0.15, 0.2) is 0 Å². The van der Waals surface area contributed by atoms with E-state index in [1.165, 1.54) is 12.5 Å². The fraction of sp³-hybridized carbons (Fsp3) is 0.643. The highest BCUT2D eigenvalue weighted by atomic mass is 16.4. The van der Waals surface area contributed by atoms with Crippen LogP contribution in [0, 0.1) is 11.8 Å². The summed E-state index contributed by atoms with van der Waals surface area (Å²) >= 11 is 0. The van der Waals surface area contributed by atoms with Gasteiger partial charge < -0.3 is 9.52 Å². The van der Waals surface area contributed by atoms with Crippen molar-refractivity contribution in [2.24, 2.45) is 11.8 Å². The van der Waals surface area contributed by atoms with Gasteiger partial charge in [-0.05, 0) is 37.3 Å². The Kier molecular flexibility index (Phi) is 3.76. The van der Waals surface area contributed by atoms with Crippen molar-refractivity contribution in [2.45, 2.75) is 39.8 Å². The predicted octanol–water partition coefficient (Wildman–Crippen LogP) is 2.84. The second-order valence-corrected chi connectivity index (χ2v) is 5.56. The molecule has 100 valence electrons. The Morgan fingerprint density at radius 3 is 2.78 bits per heavy atom. The van der Waals surface area contributed by atoms with E-state index in [0.29, 0.717) is 24.4 Å². The van der Waals surface area contributed by atoms with Crippen LogP contribution in [0.1, 0.15) is 43.5 Å². The first-order valence-corrected chi connectivity index (χ1v) is 6.53. The topological polar surface area (TPSA) is 53.7 Å². The minimum atomic E-state index is -1.00. The van der Waals surface area contributed by atoms with Gasteiger partial charge in [0.05, 0.1) is 6.54 Å². The summed E-state index contributed by atoms with van der Waals surface area (Å²) in [7, 11) is 0. The molecular formula is C14H21NO3. The quantitative estimate of drug-likeness (QED) is 0.897. The lowest BCUT2D eigenvalue weighted by Gasteiger charge is -2.40. The normalized spacial score (nSPS) is 29.4. The molecular weight excluding hydrogens is 230 g/mol. The largest absolute Gasteiger partial charge is 0.475 e. The van der Waals surface area contributed by atoms with Crippen molar-refractivity contribution in [3.8, 4) is 0 Å². The molecule has 1 aromatic heterocycles. The van der Waals surface area contributed by atoms with Gasteiger partial charge in [0.1, 0.15) is 5.76 Å². The van der Waals surface area contributed by atoms with E-state index in [1.54, 1.807) is 6.07 Å². The minimum absolute atomic E-state index is 0.0239. The molecule has 0 bridgehead atoms. The van der Waals surface area contributed by atoms with Crippen molar-refractivity contribution in [3.63, 3.8) is 0 Å². The summed E-state index contributed by atoms with van der Waals surface area (Å²) in [5.41, 5.74) is 0. The van der Waals surface area contributed by atoms with Crippen LogP contribution in [-0.2, 0) is 6.54 Å². The molecule has 3 atom stereocenters. The third kappa shape index (κ3) is 2.75. The molecule has 0 amide bonds. The van der Waals surface area contributed by atoms with Gasteiger partial charge in [0, 0.05) is 12.6 Å². The van der Waals surface area contributed by atoms with Crippen molar-refractivity contribution in [1.29, 1.82) is 0 Å². The zero-order chi connectivity index (χ0) is 13.3. The maximum absolute atomic E-state index is 10.8. The van der Waals surface area contributed by atoms with E-state index in [1.807, 2.05) is 0 Å². The summed E-state index contributed by atoms with van der Waals surface area (Å²) in [6.07, 6.45) is 1.26. The Bertz CT molecular complexity index is 426. The van der Waals surface area contributed by atoms with Gasteiger partial charge in [-0.25, -0.2) is 4.79 Å². The van der Waals surface area contributed by atoms with Crippen molar-refractivity contribution in [2.75, 3.05) is 6.54 Å². The molecule has 1 aliphatic heterocycles. The van der Waals surface area contributed by atoms with Gasteiger partial charge in [-0.3, -0.25) is 4.90 Å². The fourth-order valence-electron chi connectivity index (χ4n) is 2.82. The van der Waals surface area contributed by atoms with Crippen LogP contribution in [0.2, 0.25) is 0 Å². The Balaban J connectivity index is 2.05. The van der Waals surface area contributed by atoms with Gasteiger partial charge in [0.2, 0.25) is 5.76 Å². The number of likely N-dealkylation sites (tertiary alicyclic amines) is 1. The highest BCUT2D eigenvalue weighted by molar-refractivity contribution is 5.84. The number of hydrogen-bond acceptors (Lipinski definition) is 3. The number of furan rings is 1. The molecule has 0 aliphatic carbocycles. The summed E-state index contributed by atoms with van der Waals surface area (Å²) in [5.74, 6) is 1.11. The highest BCUT2D eigenvalue weighted by Gasteiger charge is 2.29. The standard InChI is InChI=1S/C14H21NO3/c1-9-6-10(2)11(3)15(7-9)8-12-4-5-13(18-12)14(16)17/h4-5,9-11H,6-8H2,1-3H3,(H,16,17). The molecule has 2 rings (SSSR count). The van der Waals surface area contributed by atoms with Gasteiger partial charge in [-0.2, -0.15) is 0 Å². The molecule has 4 nitrogen and oxygen atoms in total. The maximum Gasteiger partial charge on any atom is 0.371 e. The molecule has 0 radical (unpaired) electrons. The van der Waals surface area contributed by atoms with Crippen molar-refractivity contribution < 1.29 is 14.3 Å².